The molecule has 0 bridgehead atoms. The van der Waals surface area contributed by atoms with Crippen LogP contribution in [-0.2, 0) is 32.6 Å². The Morgan fingerprint density at radius 3 is 2.05 bits per heavy atom. The lowest BCUT2D eigenvalue weighted by molar-refractivity contribution is -0.141. The number of hydrogen-bond acceptors (Lipinski definition) is 4. The molecule has 42 heavy (non-hydrogen) atoms. The highest BCUT2D eigenvalue weighted by Crippen LogP contribution is 2.23. The first-order chi connectivity index (χ1) is 19.9. The van der Waals surface area contributed by atoms with E-state index in [4.69, 9.17) is 0 Å². The van der Waals surface area contributed by atoms with E-state index in [9.17, 15) is 18.0 Å². The van der Waals surface area contributed by atoms with E-state index in [1.165, 1.54) is 10.6 Å². The fourth-order valence-corrected chi connectivity index (χ4v) is 5.93. The van der Waals surface area contributed by atoms with Gasteiger partial charge in [-0.2, -0.15) is 0 Å². The average molecular weight is 592 g/mol. The summed E-state index contributed by atoms with van der Waals surface area (Å²) in [6, 6.07) is 22.6. The molecule has 0 aliphatic carbocycles. The number of amides is 2. The lowest BCUT2D eigenvalue weighted by atomic mass is 10.0. The Bertz CT molecular complexity index is 1420. The number of nitrogens with one attached hydrogen (secondary N) is 1. The minimum absolute atomic E-state index is 0.0341. The maximum absolute atomic E-state index is 14.0. The first-order valence-electron chi connectivity index (χ1n) is 14.6. The molecule has 3 aromatic rings. The highest BCUT2D eigenvalue weighted by Gasteiger charge is 2.31. The summed E-state index contributed by atoms with van der Waals surface area (Å²) in [5, 5.41) is 3.09. The Morgan fingerprint density at radius 1 is 0.857 bits per heavy atom. The fourth-order valence-electron chi connectivity index (χ4n) is 4.98. The minimum Gasteiger partial charge on any atom is -0.352 e. The number of nitrogens with zero attached hydrogens (tertiary/aromatic N) is 2. The summed E-state index contributed by atoms with van der Waals surface area (Å²) in [5.74, 6) is -0.383. The van der Waals surface area contributed by atoms with Crippen LogP contribution in [0, 0.1) is 20.8 Å². The summed E-state index contributed by atoms with van der Waals surface area (Å²) < 4.78 is 26.8. The number of aryl methyl sites for hydroxylation is 3. The zero-order valence-corrected chi connectivity index (χ0v) is 26.6. The van der Waals surface area contributed by atoms with Crippen LogP contribution in [0.1, 0.15) is 60.9 Å². The number of carbonyl (C=O) groups is 2. The fraction of sp³-hybridized carbons (Fsp3) is 0.412. The molecule has 0 heterocycles. The summed E-state index contributed by atoms with van der Waals surface area (Å²) in [6.07, 6.45) is 2.75. The average Bonchev–Trinajstić information content (AvgIpc) is 2.93. The molecule has 0 saturated carbocycles. The maximum atomic E-state index is 14.0. The van der Waals surface area contributed by atoms with Gasteiger partial charge in [0.1, 0.15) is 6.04 Å². The molecule has 1 N–H and O–H groups in total. The van der Waals surface area contributed by atoms with Crippen molar-refractivity contribution in [1.29, 1.82) is 0 Å². The number of carbonyl (C=O) groups excluding carboxylic acids is 2. The molecule has 0 saturated heterocycles. The second-order valence-corrected chi connectivity index (χ2v) is 13.2. The smallest absolute Gasteiger partial charge is 0.243 e. The Labute approximate surface area is 252 Å². The third-order valence-electron chi connectivity index (χ3n) is 7.39. The van der Waals surface area contributed by atoms with Crippen LogP contribution in [0.4, 0.5) is 5.69 Å². The van der Waals surface area contributed by atoms with Crippen LogP contribution in [-0.4, -0.2) is 50.0 Å². The molecular weight excluding hydrogens is 546 g/mol. The molecule has 0 spiro atoms. The molecule has 0 fully saturated rings. The molecule has 3 aromatic carbocycles. The van der Waals surface area contributed by atoms with E-state index in [0.29, 0.717) is 18.5 Å². The lowest BCUT2D eigenvalue weighted by Crippen LogP contribution is -2.52. The molecule has 0 aliphatic rings. The van der Waals surface area contributed by atoms with E-state index in [-0.39, 0.29) is 37.4 Å². The van der Waals surface area contributed by atoms with Gasteiger partial charge >= 0.3 is 0 Å². The predicted molar refractivity (Wildman–Crippen MR) is 171 cm³/mol. The van der Waals surface area contributed by atoms with Crippen LogP contribution in [0.2, 0.25) is 0 Å². The zero-order chi connectivity index (χ0) is 30.9. The summed E-state index contributed by atoms with van der Waals surface area (Å²) >= 11 is 0. The second-order valence-electron chi connectivity index (χ2n) is 11.3. The van der Waals surface area contributed by atoms with E-state index in [1.807, 2.05) is 107 Å². The van der Waals surface area contributed by atoms with Crippen molar-refractivity contribution in [2.45, 2.75) is 78.9 Å². The van der Waals surface area contributed by atoms with Gasteiger partial charge in [-0.15, -0.1) is 0 Å². The van der Waals surface area contributed by atoms with E-state index >= 15 is 0 Å². The molecule has 0 aromatic heterocycles. The zero-order valence-electron chi connectivity index (χ0n) is 25.8. The van der Waals surface area contributed by atoms with Gasteiger partial charge in [-0.25, -0.2) is 8.42 Å². The SMILES string of the molecule is CC[C@@H](C)NC(=O)[C@H](Cc1ccccc1)N(Cc1ccc(C)cc1)C(=O)CCCN(c1cc(C)cc(C)c1)S(C)(=O)=O. The van der Waals surface area contributed by atoms with Crippen LogP contribution >= 0.6 is 0 Å². The van der Waals surface area contributed by atoms with Crippen molar-refractivity contribution in [1.82, 2.24) is 10.2 Å². The van der Waals surface area contributed by atoms with Gasteiger partial charge in [0, 0.05) is 32.0 Å². The standard InChI is InChI=1S/C34H45N3O4S/c1-7-28(5)35-34(39)32(23-29-12-9-8-10-13-29)36(24-30-17-15-25(2)16-18-30)33(38)14-11-19-37(42(6,40)41)31-21-26(3)20-27(4)22-31/h8-10,12-13,15-18,20-22,28,32H,7,11,14,19,23-24H2,1-6H3,(H,35,39)/t28-,32+/m1/s1. The van der Waals surface area contributed by atoms with Crippen molar-refractivity contribution in [2.24, 2.45) is 0 Å². The largest absolute Gasteiger partial charge is 0.352 e. The molecule has 0 aliphatic heterocycles. The predicted octanol–water partition coefficient (Wildman–Crippen LogP) is 5.71. The molecule has 0 unspecified atom stereocenters. The number of benzene rings is 3. The molecule has 8 heteroatoms. The molecule has 3 rings (SSSR count). The number of hydrogen-bond donors (Lipinski definition) is 1. The topological polar surface area (TPSA) is 86.8 Å². The van der Waals surface area contributed by atoms with Crippen LogP contribution in [0.5, 0.6) is 0 Å². The van der Waals surface area contributed by atoms with E-state index in [1.54, 1.807) is 4.90 Å². The molecular formula is C34H45N3O4S. The van der Waals surface area contributed by atoms with Crippen molar-refractivity contribution in [3.05, 3.63) is 101 Å². The van der Waals surface area contributed by atoms with Gasteiger partial charge in [-0.05, 0) is 74.9 Å². The van der Waals surface area contributed by atoms with Crippen LogP contribution in [0.3, 0.4) is 0 Å². The van der Waals surface area contributed by atoms with Crippen LogP contribution in [0.25, 0.3) is 0 Å². The van der Waals surface area contributed by atoms with Gasteiger partial charge in [0.2, 0.25) is 21.8 Å². The van der Waals surface area contributed by atoms with Crippen molar-refractivity contribution >= 4 is 27.5 Å². The third kappa shape index (κ3) is 9.72. The lowest BCUT2D eigenvalue weighted by Gasteiger charge is -2.33. The normalized spacial score (nSPS) is 12.8. The van der Waals surface area contributed by atoms with Gasteiger partial charge < -0.3 is 10.2 Å². The number of rotatable bonds is 14. The van der Waals surface area contributed by atoms with Gasteiger partial charge in [0.05, 0.1) is 11.9 Å². The first-order valence-corrected chi connectivity index (χ1v) is 16.5. The van der Waals surface area contributed by atoms with Crippen molar-refractivity contribution in [3.8, 4) is 0 Å². The molecule has 2 amide bonds. The van der Waals surface area contributed by atoms with Gasteiger partial charge in [-0.1, -0.05) is 73.2 Å². The van der Waals surface area contributed by atoms with E-state index in [2.05, 4.69) is 5.32 Å². The maximum Gasteiger partial charge on any atom is 0.243 e. The number of anilines is 1. The van der Waals surface area contributed by atoms with Gasteiger partial charge in [0.15, 0.2) is 0 Å². The minimum atomic E-state index is -3.56. The van der Waals surface area contributed by atoms with Crippen LogP contribution < -0.4 is 9.62 Å². The Balaban J connectivity index is 1.90. The third-order valence-corrected chi connectivity index (χ3v) is 8.59. The highest BCUT2D eigenvalue weighted by molar-refractivity contribution is 7.92. The Morgan fingerprint density at radius 2 is 1.48 bits per heavy atom. The van der Waals surface area contributed by atoms with Crippen molar-refractivity contribution < 1.29 is 18.0 Å². The second kappa shape index (κ2) is 15.0. The highest BCUT2D eigenvalue weighted by atomic mass is 32.2. The monoisotopic (exact) mass is 591 g/mol. The molecule has 226 valence electrons. The van der Waals surface area contributed by atoms with Crippen molar-refractivity contribution in [2.75, 3.05) is 17.1 Å². The quantitative estimate of drug-likeness (QED) is 0.260. The summed E-state index contributed by atoms with van der Waals surface area (Å²) in [7, 11) is -3.56. The van der Waals surface area contributed by atoms with E-state index < -0.39 is 16.1 Å². The first kappa shape index (κ1) is 32.9. The molecule has 2 atom stereocenters. The van der Waals surface area contributed by atoms with Crippen molar-refractivity contribution in [3.63, 3.8) is 0 Å². The van der Waals surface area contributed by atoms with Crippen LogP contribution in [0.15, 0.2) is 72.8 Å². The van der Waals surface area contributed by atoms with E-state index in [0.717, 1.165) is 34.2 Å². The summed E-state index contributed by atoms with van der Waals surface area (Å²) in [4.78, 5) is 29.3. The molecule has 7 nitrogen and oxygen atoms in total. The number of sulfonamides is 1. The molecule has 0 radical (unpaired) electrons. The Hall–Kier alpha value is -3.65. The summed E-state index contributed by atoms with van der Waals surface area (Å²) in [5.41, 5.74) is 5.52. The van der Waals surface area contributed by atoms with Gasteiger partial charge in [0.25, 0.3) is 0 Å². The van der Waals surface area contributed by atoms with Gasteiger partial charge in [-0.3, -0.25) is 13.9 Å². The summed E-state index contributed by atoms with van der Waals surface area (Å²) in [6.45, 7) is 10.3. The Kier molecular flexibility index (Phi) is 11.7.